The number of amides is 1. The third-order valence-electron chi connectivity index (χ3n) is 2.81. The molecule has 1 aliphatic heterocycles. The van der Waals surface area contributed by atoms with E-state index in [1.54, 1.807) is 0 Å². The summed E-state index contributed by atoms with van der Waals surface area (Å²) in [5.41, 5.74) is 0.245. The minimum Gasteiger partial charge on any atom is -0.377 e. The maximum absolute atomic E-state index is 11.5. The Morgan fingerprint density at radius 2 is 2.08 bits per heavy atom. The van der Waals surface area contributed by atoms with E-state index in [-0.39, 0.29) is 23.3 Å². The van der Waals surface area contributed by atoms with Gasteiger partial charge in [-0.3, -0.25) is 4.79 Å². The lowest BCUT2D eigenvalue weighted by Gasteiger charge is -2.27. The molecule has 1 N–H and O–H groups in total. The second kappa shape index (κ2) is 2.46. The maximum atomic E-state index is 11.5. The molecule has 0 radical (unpaired) electrons. The highest BCUT2D eigenvalue weighted by Gasteiger charge is 2.50. The van der Waals surface area contributed by atoms with Gasteiger partial charge in [-0.2, -0.15) is 0 Å². The van der Waals surface area contributed by atoms with Gasteiger partial charge in [0.05, 0.1) is 19.3 Å². The first-order chi connectivity index (χ1) is 5.59. The van der Waals surface area contributed by atoms with Gasteiger partial charge in [0, 0.05) is 5.92 Å². The van der Waals surface area contributed by atoms with Crippen LogP contribution in [0.25, 0.3) is 0 Å². The van der Waals surface area contributed by atoms with Gasteiger partial charge in [0.15, 0.2) is 0 Å². The van der Waals surface area contributed by atoms with E-state index in [1.165, 1.54) is 0 Å². The molecule has 12 heavy (non-hydrogen) atoms. The highest BCUT2D eigenvalue weighted by molar-refractivity contribution is 5.82. The van der Waals surface area contributed by atoms with Crippen LogP contribution in [0.3, 0.4) is 0 Å². The lowest BCUT2D eigenvalue weighted by molar-refractivity contribution is -0.127. The number of hydrogen-bond acceptors (Lipinski definition) is 2. The van der Waals surface area contributed by atoms with Crippen LogP contribution in [-0.2, 0) is 9.53 Å². The van der Waals surface area contributed by atoms with Crippen molar-refractivity contribution < 1.29 is 9.53 Å². The predicted molar refractivity (Wildman–Crippen MR) is 44.6 cm³/mol. The molecule has 3 nitrogen and oxygen atoms in total. The Kier molecular flexibility index (Phi) is 1.65. The van der Waals surface area contributed by atoms with Gasteiger partial charge in [0.1, 0.15) is 0 Å². The third kappa shape index (κ3) is 1.33. The molecule has 68 valence electrons. The zero-order valence-electron chi connectivity index (χ0n) is 7.59. The van der Waals surface area contributed by atoms with E-state index in [4.69, 9.17) is 4.74 Å². The second-order valence-electron chi connectivity index (χ2n) is 4.49. The summed E-state index contributed by atoms with van der Waals surface area (Å²) in [6, 6.07) is 0.286. The molecule has 0 aromatic carbocycles. The Labute approximate surface area is 72.5 Å². The largest absolute Gasteiger partial charge is 0.377 e. The topological polar surface area (TPSA) is 38.3 Å². The van der Waals surface area contributed by atoms with E-state index < -0.39 is 0 Å². The van der Waals surface area contributed by atoms with Gasteiger partial charge in [0.25, 0.3) is 0 Å². The van der Waals surface area contributed by atoms with Gasteiger partial charge in [0.2, 0.25) is 5.91 Å². The second-order valence-corrected chi connectivity index (χ2v) is 4.49. The molecule has 0 bridgehead atoms. The van der Waals surface area contributed by atoms with Gasteiger partial charge in [-0.15, -0.1) is 0 Å². The van der Waals surface area contributed by atoms with Crippen molar-refractivity contribution in [2.75, 3.05) is 13.2 Å². The number of carbonyl (C=O) groups is 1. The average Bonchev–Trinajstić information content (AvgIpc) is 2.50. The molecule has 2 rings (SSSR count). The summed E-state index contributed by atoms with van der Waals surface area (Å²) < 4.78 is 4.97. The molecular formula is C9H15NO2. The summed E-state index contributed by atoms with van der Waals surface area (Å²) in [5.74, 6) is 0.464. The molecule has 1 saturated carbocycles. The van der Waals surface area contributed by atoms with Gasteiger partial charge < -0.3 is 10.1 Å². The van der Waals surface area contributed by atoms with Crippen molar-refractivity contribution in [3.63, 3.8) is 0 Å². The van der Waals surface area contributed by atoms with Crippen molar-refractivity contribution in [2.45, 2.75) is 26.3 Å². The standard InChI is InChI=1S/C9H15NO2/c1-9(2)3-7(9)8(11)10-6-4-12-5-6/h6-7H,3-5H2,1-2H3,(H,10,11). The first kappa shape index (κ1) is 8.05. The highest BCUT2D eigenvalue weighted by Crippen LogP contribution is 2.51. The average molecular weight is 169 g/mol. The number of hydrogen-bond donors (Lipinski definition) is 1. The van der Waals surface area contributed by atoms with E-state index in [2.05, 4.69) is 19.2 Å². The van der Waals surface area contributed by atoms with Gasteiger partial charge in [-0.1, -0.05) is 13.8 Å². The molecule has 2 aliphatic rings. The van der Waals surface area contributed by atoms with Crippen molar-refractivity contribution in [1.82, 2.24) is 5.32 Å². The molecule has 1 unspecified atom stereocenters. The molecule has 1 amide bonds. The fraction of sp³-hybridized carbons (Fsp3) is 0.889. The van der Waals surface area contributed by atoms with Crippen LogP contribution in [0.4, 0.5) is 0 Å². The van der Waals surface area contributed by atoms with Crippen LogP contribution < -0.4 is 5.32 Å². The lowest BCUT2D eigenvalue weighted by Crippen LogP contribution is -2.49. The quantitative estimate of drug-likeness (QED) is 0.655. The molecule has 1 saturated heterocycles. The molecule has 2 fully saturated rings. The van der Waals surface area contributed by atoms with Crippen LogP contribution in [0.1, 0.15) is 20.3 Å². The monoisotopic (exact) mass is 169 g/mol. The third-order valence-corrected chi connectivity index (χ3v) is 2.81. The van der Waals surface area contributed by atoms with E-state index in [9.17, 15) is 4.79 Å². The first-order valence-corrected chi connectivity index (χ1v) is 4.48. The summed E-state index contributed by atoms with van der Waals surface area (Å²) in [4.78, 5) is 11.5. The Balaban J connectivity index is 1.78. The van der Waals surface area contributed by atoms with Gasteiger partial charge in [-0.05, 0) is 11.8 Å². The van der Waals surface area contributed by atoms with Crippen LogP contribution in [0.15, 0.2) is 0 Å². The Bertz CT molecular complexity index is 209. The van der Waals surface area contributed by atoms with Gasteiger partial charge >= 0.3 is 0 Å². The van der Waals surface area contributed by atoms with Crippen molar-refractivity contribution in [2.24, 2.45) is 11.3 Å². The number of nitrogens with one attached hydrogen (secondary N) is 1. The van der Waals surface area contributed by atoms with Gasteiger partial charge in [-0.25, -0.2) is 0 Å². The van der Waals surface area contributed by atoms with E-state index in [0.29, 0.717) is 13.2 Å². The summed E-state index contributed by atoms with van der Waals surface area (Å²) in [6.07, 6.45) is 1.03. The minimum absolute atomic E-state index is 0.216. The number of carbonyl (C=O) groups excluding carboxylic acids is 1. The minimum atomic E-state index is 0.216. The highest BCUT2D eigenvalue weighted by atomic mass is 16.5. The van der Waals surface area contributed by atoms with Crippen molar-refractivity contribution in [3.8, 4) is 0 Å². The van der Waals surface area contributed by atoms with Crippen LogP contribution in [0, 0.1) is 11.3 Å². The maximum Gasteiger partial charge on any atom is 0.224 e. The molecule has 1 atom stereocenters. The fourth-order valence-corrected chi connectivity index (χ4v) is 1.54. The Hall–Kier alpha value is -0.570. The zero-order valence-corrected chi connectivity index (χ0v) is 7.59. The smallest absolute Gasteiger partial charge is 0.224 e. The summed E-state index contributed by atoms with van der Waals surface area (Å²) >= 11 is 0. The SMILES string of the molecule is CC1(C)CC1C(=O)NC1COC1. The van der Waals surface area contributed by atoms with E-state index in [1.807, 2.05) is 0 Å². The molecule has 0 spiro atoms. The van der Waals surface area contributed by atoms with Crippen molar-refractivity contribution in [1.29, 1.82) is 0 Å². The molecule has 0 aromatic rings. The Morgan fingerprint density at radius 3 is 2.42 bits per heavy atom. The van der Waals surface area contributed by atoms with Crippen LogP contribution >= 0.6 is 0 Å². The fourth-order valence-electron chi connectivity index (χ4n) is 1.54. The van der Waals surface area contributed by atoms with E-state index >= 15 is 0 Å². The summed E-state index contributed by atoms with van der Waals surface area (Å²) in [6.45, 7) is 5.65. The normalized spacial score (nSPS) is 32.3. The van der Waals surface area contributed by atoms with E-state index in [0.717, 1.165) is 6.42 Å². The zero-order chi connectivity index (χ0) is 8.77. The first-order valence-electron chi connectivity index (χ1n) is 4.48. The lowest BCUT2D eigenvalue weighted by atomic mass is 10.1. The molecule has 1 heterocycles. The van der Waals surface area contributed by atoms with Crippen molar-refractivity contribution in [3.05, 3.63) is 0 Å². The van der Waals surface area contributed by atoms with Crippen LogP contribution in [0.2, 0.25) is 0 Å². The van der Waals surface area contributed by atoms with Crippen LogP contribution in [-0.4, -0.2) is 25.2 Å². The molecule has 0 aromatic heterocycles. The summed E-state index contributed by atoms with van der Waals surface area (Å²) in [7, 11) is 0. The predicted octanol–water partition coefficient (Wildman–Crippen LogP) is 0.547. The number of rotatable bonds is 2. The molecule has 3 heteroatoms. The number of ether oxygens (including phenoxy) is 1. The Morgan fingerprint density at radius 1 is 1.50 bits per heavy atom. The summed E-state index contributed by atoms with van der Waals surface area (Å²) in [5, 5.41) is 2.97. The molecule has 1 aliphatic carbocycles. The molecular weight excluding hydrogens is 154 g/mol. The van der Waals surface area contributed by atoms with Crippen molar-refractivity contribution >= 4 is 5.91 Å². The van der Waals surface area contributed by atoms with Crippen LogP contribution in [0.5, 0.6) is 0 Å².